The summed E-state index contributed by atoms with van der Waals surface area (Å²) in [6, 6.07) is 0.317. The van der Waals surface area contributed by atoms with E-state index in [9.17, 15) is 0 Å². The van der Waals surface area contributed by atoms with Crippen LogP contribution in [0.25, 0.3) is 0 Å². The molecular weight excluding hydrogens is 202 g/mol. The number of hydrogen-bond donors (Lipinski definition) is 1. The molecular formula is C12H19N3O. The van der Waals surface area contributed by atoms with Crippen LogP contribution in [0.2, 0.25) is 0 Å². The maximum absolute atomic E-state index is 5.89. The fourth-order valence-electron chi connectivity index (χ4n) is 2.70. The van der Waals surface area contributed by atoms with Gasteiger partial charge in [0.1, 0.15) is 0 Å². The van der Waals surface area contributed by atoms with Gasteiger partial charge in [-0.1, -0.05) is 19.0 Å². The van der Waals surface area contributed by atoms with Crippen LogP contribution in [0.5, 0.6) is 0 Å². The molecule has 0 bridgehead atoms. The van der Waals surface area contributed by atoms with Crippen molar-refractivity contribution in [1.29, 1.82) is 0 Å². The lowest BCUT2D eigenvalue weighted by Gasteiger charge is -2.01. The molecule has 3 rings (SSSR count). The Hall–Kier alpha value is -0.900. The van der Waals surface area contributed by atoms with Crippen molar-refractivity contribution in [3.8, 4) is 0 Å². The predicted octanol–water partition coefficient (Wildman–Crippen LogP) is 2.18. The second-order valence-corrected chi connectivity index (χ2v) is 6.01. The molecule has 1 aromatic rings. The van der Waals surface area contributed by atoms with Gasteiger partial charge in [-0.05, 0) is 31.1 Å². The van der Waals surface area contributed by atoms with Crippen LogP contribution >= 0.6 is 0 Å². The molecule has 16 heavy (non-hydrogen) atoms. The average Bonchev–Trinajstić information content (AvgIpc) is 2.67. The van der Waals surface area contributed by atoms with E-state index < -0.39 is 0 Å². The molecule has 2 fully saturated rings. The van der Waals surface area contributed by atoms with Crippen molar-refractivity contribution >= 4 is 0 Å². The Balaban J connectivity index is 1.74. The van der Waals surface area contributed by atoms with E-state index in [0.717, 1.165) is 31.0 Å². The zero-order valence-corrected chi connectivity index (χ0v) is 9.94. The van der Waals surface area contributed by atoms with Gasteiger partial charge >= 0.3 is 0 Å². The van der Waals surface area contributed by atoms with Crippen LogP contribution in [-0.2, 0) is 0 Å². The molecule has 1 heterocycles. The monoisotopic (exact) mass is 221 g/mol. The highest BCUT2D eigenvalue weighted by Crippen LogP contribution is 2.57. The van der Waals surface area contributed by atoms with E-state index in [-0.39, 0.29) is 0 Å². The van der Waals surface area contributed by atoms with E-state index in [0.29, 0.717) is 23.3 Å². The van der Waals surface area contributed by atoms with Gasteiger partial charge in [0, 0.05) is 17.9 Å². The van der Waals surface area contributed by atoms with E-state index in [2.05, 4.69) is 24.0 Å². The first kappa shape index (κ1) is 10.3. The summed E-state index contributed by atoms with van der Waals surface area (Å²) >= 11 is 0. The highest BCUT2D eigenvalue weighted by Gasteiger charge is 2.49. The van der Waals surface area contributed by atoms with Gasteiger partial charge in [0.15, 0.2) is 5.82 Å². The predicted molar refractivity (Wildman–Crippen MR) is 60.0 cm³/mol. The Kier molecular flexibility index (Phi) is 2.11. The lowest BCUT2D eigenvalue weighted by Crippen LogP contribution is -2.14. The van der Waals surface area contributed by atoms with Gasteiger partial charge < -0.3 is 10.3 Å². The van der Waals surface area contributed by atoms with Crippen molar-refractivity contribution in [3.63, 3.8) is 0 Å². The Morgan fingerprint density at radius 1 is 1.38 bits per heavy atom. The maximum Gasteiger partial charge on any atom is 0.229 e. The molecule has 4 heteroatoms. The molecule has 0 saturated heterocycles. The summed E-state index contributed by atoms with van der Waals surface area (Å²) in [5.74, 6) is 2.62. The summed E-state index contributed by atoms with van der Waals surface area (Å²) < 4.78 is 5.37. The smallest absolute Gasteiger partial charge is 0.229 e. The Bertz CT molecular complexity index is 399. The van der Waals surface area contributed by atoms with Crippen LogP contribution in [0, 0.1) is 5.41 Å². The topological polar surface area (TPSA) is 64.9 Å². The second kappa shape index (κ2) is 3.29. The van der Waals surface area contributed by atoms with E-state index in [1.54, 1.807) is 0 Å². The fourth-order valence-corrected chi connectivity index (χ4v) is 2.70. The largest absolute Gasteiger partial charge is 0.339 e. The molecule has 0 spiro atoms. The summed E-state index contributed by atoms with van der Waals surface area (Å²) in [6.45, 7) is 4.50. The fraction of sp³-hybridized carbons (Fsp3) is 0.833. The first-order valence-corrected chi connectivity index (χ1v) is 6.15. The van der Waals surface area contributed by atoms with Crippen LogP contribution in [-0.4, -0.2) is 16.2 Å². The lowest BCUT2D eigenvalue weighted by atomic mass is 10.1. The van der Waals surface area contributed by atoms with E-state index in [1.165, 1.54) is 6.42 Å². The molecule has 2 N–H and O–H groups in total. The minimum absolute atomic E-state index is 0.317. The van der Waals surface area contributed by atoms with Gasteiger partial charge in [-0.15, -0.1) is 0 Å². The molecule has 2 saturated carbocycles. The number of hydrogen-bond acceptors (Lipinski definition) is 4. The third kappa shape index (κ3) is 1.65. The molecule has 2 aliphatic rings. The van der Waals surface area contributed by atoms with Gasteiger partial charge in [0.25, 0.3) is 0 Å². The summed E-state index contributed by atoms with van der Waals surface area (Å²) in [7, 11) is 0. The quantitative estimate of drug-likeness (QED) is 0.831. The molecule has 88 valence electrons. The minimum Gasteiger partial charge on any atom is -0.339 e. The van der Waals surface area contributed by atoms with Crippen LogP contribution in [0.1, 0.15) is 63.1 Å². The summed E-state index contributed by atoms with van der Waals surface area (Å²) in [5, 5.41) is 4.12. The normalized spacial score (nSPS) is 36.6. The first-order chi connectivity index (χ1) is 7.56. The van der Waals surface area contributed by atoms with Gasteiger partial charge in [-0.3, -0.25) is 0 Å². The number of aromatic nitrogens is 2. The summed E-state index contributed by atoms with van der Waals surface area (Å²) in [4.78, 5) is 4.55. The zero-order valence-electron chi connectivity index (χ0n) is 9.94. The van der Waals surface area contributed by atoms with Crippen molar-refractivity contribution in [3.05, 3.63) is 11.7 Å². The summed E-state index contributed by atoms with van der Waals surface area (Å²) in [6.07, 6.45) is 4.35. The Labute approximate surface area is 95.6 Å². The van der Waals surface area contributed by atoms with Crippen LogP contribution in [0.15, 0.2) is 4.52 Å². The molecule has 3 atom stereocenters. The van der Waals surface area contributed by atoms with Crippen LogP contribution in [0.4, 0.5) is 0 Å². The van der Waals surface area contributed by atoms with Gasteiger partial charge in [0.05, 0.1) is 0 Å². The molecule has 1 unspecified atom stereocenters. The second-order valence-electron chi connectivity index (χ2n) is 6.01. The first-order valence-electron chi connectivity index (χ1n) is 6.15. The van der Waals surface area contributed by atoms with Gasteiger partial charge in [-0.25, -0.2) is 0 Å². The molecule has 0 radical (unpaired) electrons. The van der Waals surface area contributed by atoms with Crippen LogP contribution < -0.4 is 5.73 Å². The molecule has 0 aromatic carbocycles. The van der Waals surface area contributed by atoms with Crippen molar-refractivity contribution in [2.24, 2.45) is 11.1 Å². The highest BCUT2D eigenvalue weighted by molar-refractivity contribution is 5.15. The van der Waals surface area contributed by atoms with Crippen molar-refractivity contribution in [1.82, 2.24) is 10.1 Å². The number of nitrogens with two attached hydrogens (primary N) is 1. The lowest BCUT2D eigenvalue weighted by molar-refractivity contribution is 0.348. The molecule has 1 aromatic heterocycles. The van der Waals surface area contributed by atoms with Gasteiger partial charge in [0.2, 0.25) is 5.89 Å². The van der Waals surface area contributed by atoms with E-state index in [4.69, 9.17) is 10.3 Å². The van der Waals surface area contributed by atoms with Crippen LogP contribution in [0.3, 0.4) is 0 Å². The highest BCUT2D eigenvalue weighted by atomic mass is 16.5. The molecule has 0 aliphatic heterocycles. The summed E-state index contributed by atoms with van der Waals surface area (Å²) in [5.41, 5.74) is 6.26. The van der Waals surface area contributed by atoms with Crippen molar-refractivity contribution in [2.45, 2.75) is 57.4 Å². The van der Waals surface area contributed by atoms with Gasteiger partial charge in [-0.2, -0.15) is 4.98 Å². The van der Waals surface area contributed by atoms with E-state index >= 15 is 0 Å². The number of nitrogens with zero attached hydrogens (tertiary/aromatic N) is 2. The van der Waals surface area contributed by atoms with E-state index in [1.807, 2.05) is 0 Å². The number of rotatable bonds is 2. The maximum atomic E-state index is 5.89. The standard InChI is InChI=1S/C12H19N3O/c1-12(2)6-9(12)10-14-11(16-15-10)7-3-4-8(13)5-7/h7-9H,3-6,13H2,1-2H3/t7-,8+,9?/m1/s1. The zero-order chi connectivity index (χ0) is 11.3. The third-order valence-corrected chi connectivity index (χ3v) is 4.10. The Morgan fingerprint density at radius 2 is 2.12 bits per heavy atom. The van der Waals surface area contributed by atoms with Crippen molar-refractivity contribution in [2.75, 3.05) is 0 Å². The average molecular weight is 221 g/mol. The SMILES string of the molecule is CC1(C)CC1c1noc([C@@H]2CC[C@H](N)C2)n1. The Morgan fingerprint density at radius 3 is 2.69 bits per heavy atom. The molecule has 2 aliphatic carbocycles. The molecule has 4 nitrogen and oxygen atoms in total. The molecule has 0 amide bonds. The van der Waals surface area contributed by atoms with Crippen molar-refractivity contribution < 1.29 is 4.52 Å². The minimum atomic E-state index is 0.317. The third-order valence-electron chi connectivity index (χ3n) is 4.10.